The average Bonchev–Trinajstić information content (AvgIpc) is 3.13. The number of ether oxygens (including phenoxy) is 1. The van der Waals surface area contributed by atoms with E-state index in [1.807, 2.05) is 30.3 Å². The summed E-state index contributed by atoms with van der Waals surface area (Å²) in [6.07, 6.45) is 2.36. The van der Waals surface area contributed by atoms with E-state index in [-0.39, 0.29) is 23.3 Å². The number of pyridine rings is 1. The molecule has 4 rings (SSSR count). The lowest BCUT2D eigenvalue weighted by Crippen LogP contribution is -2.27. The molecule has 0 saturated carbocycles. The molecular weight excluding hydrogens is 396 g/mol. The van der Waals surface area contributed by atoms with Crippen LogP contribution in [0.2, 0.25) is 0 Å². The molecule has 0 fully saturated rings. The number of aryl methyl sites for hydroxylation is 1. The molecule has 31 heavy (non-hydrogen) atoms. The average molecular weight is 418 g/mol. The fraction of sp³-hybridized carbons (Fsp3) is 0.208. The van der Waals surface area contributed by atoms with Crippen molar-refractivity contribution in [2.45, 2.75) is 19.8 Å². The van der Waals surface area contributed by atoms with Crippen molar-refractivity contribution in [1.82, 2.24) is 10.3 Å². The minimum Gasteiger partial charge on any atom is -0.497 e. The number of amides is 1. The molecule has 0 aliphatic heterocycles. The van der Waals surface area contributed by atoms with Gasteiger partial charge < -0.3 is 18.9 Å². The van der Waals surface area contributed by atoms with E-state index >= 15 is 0 Å². The molecule has 0 aliphatic rings. The molecule has 0 saturated heterocycles. The van der Waals surface area contributed by atoms with Crippen LogP contribution < -0.4 is 15.5 Å². The molecule has 3 aromatic heterocycles. The highest BCUT2D eigenvalue weighted by Crippen LogP contribution is 2.34. The lowest BCUT2D eigenvalue weighted by Gasteiger charge is -2.06. The maximum absolute atomic E-state index is 12.7. The van der Waals surface area contributed by atoms with Crippen molar-refractivity contribution in [2.75, 3.05) is 13.7 Å². The van der Waals surface area contributed by atoms with Crippen LogP contribution in [0, 0.1) is 6.92 Å². The largest absolute Gasteiger partial charge is 0.497 e. The Morgan fingerprint density at radius 3 is 2.61 bits per heavy atom. The summed E-state index contributed by atoms with van der Waals surface area (Å²) in [5.74, 6) is 1.39. The van der Waals surface area contributed by atoms with Gasteiger partial charge in [0.15, 0.2) is 5.58 Å². The minimum absolute atomic E-state index is 0.0168. The number of carbonyl (C=O) groups excluding carboxylic acids is 1. The van der Waals surface area contributed by atoms with Crippen molar-refractivity contribution in [2.24, 2.45) is 0 Å². The molecule has 1 N–H and O–H groups in total. The number of benzene rings is 1. The van der Waals surface area contributed by atoms with Crippen LogP contribution in [0.25, 0.3) is 22.5 Å². The summed E-state index contributed by atoms with van der Waals surface area (Å²) in [6.45, 7) is 2.14. The number of hydrogen-bond donors (Lipinski definition) is 1. The van der Waals surface area contributed by atoms with Gasteiger partial charge in [-0.05, 0) is 43.3 Å². The molecule has 0 bridgehead atoms. The van der Waals surface area contributed by atoms with Gasteiger partial charge in [0.25, 0.3) is 0 Å². The first-order valence-electron chi connectivity index (χ1n) is 9.92. The fourth-order valence-corrected chi connectivity index (χ4v) is 3.40. The van der Waals surface area contributed by atoms with Crippen molar-refractivity contribution >= 4 is 17.1 Å². The number of methoxy groups -OCH3 is 1. The Kier molecular flexibility index (Phi) is 5.84. The van der Waals surface area contributed by atoms with Gasteiger partial charge >= 0.3 is 0 Å². The number of nitrogens with zero attached hydrogens (tertiary/aromatic N) is 1. The molecule has 3 heterocycles. The fourth-order valence-electron chi connectivity index (χ4n) is 3.40. The zero-order valence-electron chi connectivity index (χ0n) is 17.3. The van der Waals surface area contributed by atoms with Crippen molar-refractivity contribution in [3.05, 3.63) is 82.0 Å². The second-order valence-electron chi connectivity index (χ2n) is 7.12. The van der Waals surface area contributed by atoms with Crippen molar-refractivity contribution in [3.8, 4) is 17.1 Å². The van der Waals surface area contributed by atoms with Gasteiger partial charge in [0.1, 0.15) is 17.3 Å². The molecule has 7 heteroatoms. The van der Waals surface area contributed by atoms with E-state index in [9.17, 15) is 9.59 Å². The summed E-state index contributed by atoms with van der Waals surface area (Å²) in [7, 11) is 1.59. The predicted molar refractivity (Wildman–Crippen MR) is 116 cm³/mol. The standard InChI is InChI=1S/C24H22N2O5/c1-15-13-20(27)24-23(30-15)19(22(31-24)16-6-8-18(29-2)9-7-16)14-21(28)26-12-10-17-5-3-4-11-25-17/h3-9,11,13H,10,12,14H2,1-2H3,(H,26,28). The summed E-state index contributed by atoms with van der Waals surface area (Å²) < 4.78 is 16.9. The van der Waals surface area contributed by atoms with E-state index in [0.29, 0.717) is 41.4 Å². The summed E-state index contributed by atoms with van der Waals surface area (Å²) in [5.41, 5.74) is 2.28. The number of aromatic nitrogens is 1. The van der Waals surface area contributed by atoms with E-state index in [0.717, 1.165) is 11.3 Å². The first-order valence-corrected chi connectivity index (χ1v) is 9.92. The quantitative estimate of drug-likeness (QED) is 0.492. The number of furan rings is 1. The normalized spacial score (nSPS) is 10.9. The Balaban J connectivity index is 1.62. The Labute approximate surface area is 178 Å². The van der Waals surface area contributed by atoms with Gasteiger partial charge in [-0.1, -0.05) is 6.07 Å². The van der Waals surface area contributed by atoms with Gasteiger partial charge in [-0.25, -0.2) is 0 Å². The highest BCUT2D eigenvalue weighted by Gasteiger charge is 2.22. The monoisotopic (exact) mass is 418 g/mol. The van der Waals surface area contributed by atoms with E-state index in [1.54, 1.807) is 32.4 Å². The van der Waals surface area contributed by atoms with E-state index < -0.39 is 0 Å². The Bertz CT molecular complexity index is 1260. The topological polar surface area (TPSA) is 94.6 Å². The smallest absolute Gasteiger partial charge is 0.228 e. The van der Waals surface area contributed by atoms with Crippen molar-refractivity contribution in [3.63, 3.8) is 0 Å². The highest BCUT2D eigenvalue weighted by atomic mass is 16.5. The lowest BCUT2D eigenvalue weighted by molar-refractivity contribution is -0.120. The third-order valence-electron chi connectivity index (χ3n) is 4.90. The molecule has 1 amide bonds. The number of rotatable bonds is 7. The maximum atomic E-state index is 12.7. The Morgan fingerprint density at radius 1 is 1.10 bits per heavy atom. The molecule has 0 atom stereocenters. The van der Waals surface area contributed by atoms with E-state index in [4.69, 9.17) is 13.6 Å². The van der Waals surface area contributed by atoms with Crippen LogP contribution >= 0.6 is 0 Å². The van der Waals surface area contributed by atoms with Gasteiger partial charge in [0, 0.05) is 36.5 Å². The molecule has 0 aliphatic carbocycles. The third kappa shape index (κ3) is 4.50. The molecule has 0 spiro atoms. The van der Waals surface area contributed by atoms with Gasteiger partial charge in [-0.3, -0.25) is 14.6 Å². The SMILES string of the molecule is COc1ccc(-c2oc3c(=O)cc(C)oc3c2CC(=O)NCCc2ccccn2)cc1. The van der Waals surface area contributed by atoms with Crippen LogP contribution in [0.4, 0.5) is 0 Å². The Hall–Kier alpha value is -3.87. The molecule has 7 nitrogen and oxygen atoms in total. The number of nitrogens with one attached hydrogen (secondary N) is 1. The first kappa shape index (κ1) is 20.4. The summed E-state index contributed by atoms with van der Waals surface area (Å²) >= 11 is 0. The second-order valence-corrected chi connectivity index (χ2v) is 7.12. The summed E-state index contributed by atoms with van der Waals surface area (Å²) in [6, 6.07) is 14.3. The van der Waals surface area contributed by atoms with Crippen LogP contribution in [0.3, 0.4) is 0 Å². The van der Waals surface area contributed by atoms with E-state index in [1.165, 1.54) is 6.07 Å². The van der Waals surface area contributed by atoms with Gasteiger partial charge in [0.05, 0.1) is 19.1 Å². The summed E-state index contributed by atoms with van der Waals surface area (Å²) in [4.78, 5) is 29.4. The first-order chi connectivity index (χ1) is 15.0. The zero-order valence-corrected chi connectivity index (χ0v) is 17.3. The number of hydrogen-bond acceptors (Lipinski definition) is 6. The molecule has 158 valence electrons. The lowest BCUT2D eigenvalue weighted by atomic mass is 10.1. The van der Waals surface area contributed by atoms with Crippen LogP contribution in [-0.4, -0.2) is 24.5 Å². The van der Waals surface area contributed by atoms with Crippen LogP contribution in [0.15, 0.2) is 68.4 Å². The molecule has 0 radical (unpaired) electrons. The van der Waals surface area contributed by atoms with Gasteiger partial charge in [-0.15, -0.1) is 0 Å². The third-order valence-corrected chi connectivity index (χ3v) is 4.90. The maximum Gasteiger partial charge on any atom is 0.228 e. The predicted octanol–water partition coefficient (Wildman–Crippen LogP) is 3.67. The molecular formula is C24H22N2O5. The van der Waals surface area contributed by atoms with Crippen LogP contribution in [0.1, 0.15) is 17.0 Å². The van der Waals surface area contributed by atoms with Crippen LogP contribution in [0.5, 0.6) is 5.75 Å². The Morgan fingerprint density at radius 2 is 1.90 bits per heavy atom. The van der Waals surface area contributed by atoms with Gasteiger partial charge in [-0.2, -0.15) is 0 Å². The summed E-state index contributed by atoms with van der Waals surface area (Å²) in [5, 5.41) is 2.90. The number of fused-ring (bicyclic) bond motifs is 1. The van der Waals surface area contributed by atoms with Crippen molar-refractivity contribution < 1.29 is 18.4 Å². The molecule has 4 aromatic rings. The zero-order chi connectivity index (χ0) is 21.8. The second kappa shape index (κ2) is 8.87. The highest BCUT2D eigenvalue weighted by molar-refractivity contribution is 5.90. The van der Waals surface area contributed by atoms with Crippen molar-refractivity contribution in [1.29, 1.82) is 0 Å². The minimum atomic E-state index is -0.282. The molecule has 1 aromatic carbocycles. The molecule has 0 unspecified atom stereocenters. The van der Waals surface area contributed by atoms with E-state index in [2.05, 4.69) is 10.3 Å². The number of carbonyl (C=O) groups is 1. The van der Waals surface area contributed by atoms with Crippen LogP contribution in [-0.2, 0) is 17.6 Å². The van der Waals surface area contributed by atoms with Gasteiger partial charge in [0.2, 0.25) is 16.9 Å².